The molecule has 2 bridgehead atoms. The molecule has 3 rings (SSSR count). The molecular weight excluding hydrogens is 286 g/mol. The molecule has 2 aliphatic carbocycles. The molecule has 0 amide bonds. The minimum absolute atomic E-state index is 0.0266. The van der Waals surface area contributed by atoms with E-state index in [0.717, 1.165) is 19.4 Å². The van der Waals surface area contributed by atoms with Gasteiger partial charge in [-0.15, -0.1) is 0 Å². The van der Waals surface area contributed by atoms with E-state index >= 15 is 0 Å². The van der Waals surface area contributed by atoms with Crippen LogP contribution in [0.15, 0.2) is 12.2 Å². The third-order valence-electron chi connectivity index (χ3n) is 6.07. The summed E-state index contributed by atoms with van der Waals surface area (Å²) in [7, 11) is 0. The van der Waals surface area contributed by atoms with Gasteiger partial charge < -0.3 is 4.90 Å². The van der Waals surface area contributed by atoms with Crippen LogP contribution in [-0.2, 0) is 9.59 Å². The van der Waals surface area contributed by atoms with Crippen molar-refractivity contribution in [1.82, 2.24) is 4.90 Å². The highest BCUT2D eigenvalue weighted by Gasteiger charge is 2.50. The van der Waals surface area contributed by atoms with Gasteiger partial charge in [0, 0.05) is 24.2 Å². The van der Waals surface area contributed by atoms with Crippen LogP contribution < -0.4 is 0 Å². The maximum atomic E-state index is 12.8. The summed E-state index contributed by atoms with van der Waals surface area (Å²) >= 11 is 0. The van der Waals surface area contributed by atoms with E-state index in [-0.39, 0.29) is 17.8 Å². The Morgan fingerprint density at radius 2 is 1.70 bits per heavy atom. The summed E-state index contributed by atoms with van der Waals surface area (Å²) in [5.41, 5.74) is 0. The number of ketones is 2. The Kier molecular flexibility index (Phi) is 5.35. The van der Waals surface area contributed by atoms with Gasteiger partial charge in [-0.25, -0.2) is 0 Å². The molecule has 0 spiro atoms. The molecule has 0 N–H and O–H groups in total. The van der Waals surface area contributed by atoms with E-state index in [9.17, 15) is 9.59 Å². The summed E-state index contributed by atoms with van der Waals surface area (Å²) in [5.74, 6) is 1.28. The molecule has 3 nitrogen and oxygen atoms in total. The maximum absolute atomic E-state index is 12.8. The molecule has 1 saturated carbocycles. The van der Waals surface area contributed by atoms with Crippen LogP contribution in [-0.4, -0.2) is 36.1 Å². The van der Waals surface area contributed by atoms with Crippen molar-refractivity contribution in [3.05, 3.63) is 12.2 Å². The van der Waals surface area contributed by atoms with E-state index in [1.807, 2.05) is 13.8 Å². The molecule has 23 heavy (non-hydrogen) atoms. The van der Waals surface area contributed by atoms with Crippen LogP contribution in [0.25, 0.3) is 0 Å². The smallest absolute Gasteiger partial charge is 0.139 e. The van der Waals surface area contributed by atoms with Crippen LogP contribution in [0.1, 0.15) is 52.4 Å². The predicted octanol–water partition coefficient (Wildman–Crippen LogP) is 3.49. The molecule has 1 heterocycles. The predicted molar refractivity (Wildman–Crippen MR) is 92.1 cm³/mol. The van der Waals surface area contributed by atoms with E-state index < -0.39 is 0 Å². The molecule has 0 aromatic heterocycles. The van der Waals surface area contributed by atoms with Gasteiger partial charge in [-0.3, -0.25) is 9.59 Å². The first kappa shape index (κ1) is 16.9. The van der Waals surface area contributed by atoms with Crippen LogP contribution >= 0.6 is 0 Å². The van der Waals surface area contributed by atoms with E-state index in [4.69, 9.17) is 0 Å². The highest BCUT2D eigenvalue weighted by Crippen LogP contribution is 2.49. The number of rotatable bonds is 7. The minimum atomic E-state index is -0.0347. The summed E-state index contributed by atoms with van der Waals surface area (Å²) in [5, 5.41) is 0. The van der Waals surface area contributed by atoms with Crippen LogP contribution in [0.3, 0.4) is 0 Å². The Balaban J connectivity index is 1.55. The third-order valence-corrected chi connectivity index (χ3v) is 6.07. The van der Waals surface area contributed by atoms with Crippen molar-refractivity contribution >= 4 is 11.6 Å². The second-order valence-corrected chi connectivity index (χ2v) is 8.03. The number of nitrogens with zero attached hydrogens (tertiary/aromatic N) is 1. The van der Waals surface area contributed by atoms with E-state index in [2.05, 4.69) is 17.1 Å². The van der Waals surface area contributed by atoms with Crippen molar-refractivity contribution in [2.45, 2.75) is 52.4 Å². The quantitative estimate of drug-likeness (QED) is 0.675. The number of allylic oxidation sites excluding steroid dienone is 2. The number of likely N-dealkylation sites (tertiary alicyclic amines) is 1. The lowest BCUT2D eigenvalue weighted by Gasteiger charge is -2.28. The van der Waals surface area contributed by atoms with Gasteiger partial charge in [0.05, 0.1) is 0 Å². The van der Waals surface area contributed by atoms with Gasteiger partial charge in [0.15, 0.2) is 0 Å². The van der Waals surface area contributed by atoms with Crippen molar-refractivity contribution < 1.29 is 9.59 Å². The van der Waals surface area contributed by atoms with Gasteiger partial charge in [-0.2, -0.15) is 0 Å². The first-order valence-electron chi connectivity index (χ1n) is 9.55. The highest BCUT2D eigenvalue weighted by atomic mass is 16.1. The molecule has 4 atom stereocenters. The van der Waals surface area contributed by atoms with Gasteiger partial charge >= 0.3 is 0 Å². The van der Waals surface area contributed by atoms with Crippen LogP contribution in [0.4, 0.5) is 0 Å². The second-order valence-electron chi connectivity index (χ2n) is 8.03. The number of carbonyl (C=O) groups excluding carboxylic acids is 2. The standard InChI is InChI=1S/C20H31NO2/c1-14(2)20(23)19-16-9-8-15(13-16)18(19)17(22)7-6-12-21-10-4-3-5-11-21/h8-9,14-16,18-19H,3-7,10-13H2,1-2H3. The molecule has 3 aliphatic rings. The van der Waals surface area contributed by atoms with Gasteiger partial charge in [0.25, 0.3) is 0 Å². The molecule has 3 heteroatoms. The van der Waals surface area contributed by atoms with Gasteiger partial charge in [-0.05, 0) is 57.2 Å². The minimum Gasteiger partial charge on any atom is -0.303 e. The fourth-order valence-corrected chi connectivity index (χ4v) is 4.86. The summed E-state index contributed by atoms with van der Waals surface area (Å²) in [6.07, 6.45) is 11.0. The van der Waals surface area contributed by atoms with Crippen LogP contribution in [0, 0.1) is 29.6 Å². The molecule has 0 aromatic carbocycles. The van der Waals surface area contributed by atoms with E-state index in [0.29, 0.717) is 29.8 Å². The van der Waals surface area contributed by atoms with Crippen molar-refractivity contribution in [3.8, 4) is 0 Å². The van der Waals surface area contributed by atoms with Gasteiger partial charge in [-0.1, -0.05) is 32.4 Å². The van der Waals surface area contributed by atoms with Crippen LogP contribution in [0.2, 0.25) is 0 Å². The van der Waals surface area contributed by atoms with Crippen molar-refractivity contribution in [2.75, 3.05) is 19.6 Å². The number of fused-ring (bicyclic) bond motifs is 2. The second kappa shape index (κ2) is 7.29. The maximum Gasteiger partial charge on any atom is 0.139 e. The van der Waals surface area contributed by atoms with Gasteiger partial charge in [0.1, 0.15) is 11.6 Å². The lowest BCUT2D eigenvalue weighted by molar-refractivity contribution is -0.134. The lowest BCUT2D eigenvalue weighted by Crippen LogP contribution is -2.36. The topological polar surface area (TPSA) is 37.4 Å². The fraction of sp³-hybridized carbons (Fsp3) is 0.800. The summed E-state index contributed by atoms with van der Waals surface area (Å²) in [6, 6.07) is 0. The molecule has 4 unspecified atom stereocenters. The molecule has 2 fully saturated rings. The monoisotopic (exact) mass is 317 g/mol. The summed E-state index contributed by atoms with van der Waals surface area (Å²) < 4.78 is 0. The van der Waals surface area contributed by atoms with E-state index in [1.54, 1.807) is 0 Å². The Bertz CT molecular complexity index is 476. The molecule has 1 saturated heterocycles. The molecular formula is C20H31NO2. The molecule has 0 radical (unpaired) electrons. The van der Waals surface area contributed by atoms with Crippen molar-refractivity contribution in [2.24, 2.45) is 29.6 Å². The Labute approximate surface area is 140 Å². The molecule has 1 aliphatic heterocycles. The summed E-state index contributed by atoms with van der Waals surface area (Å²) in [6.45, 7) is 7.37. The van der Waals surface area contributed by atoms with E-state index in [1.165, 1.54) is 32.4 Å². The highest BCUT2D eigenvalue weighted by molar-refractivity contribution is 5.92. The Morgan fingerprint density at radius 1 is 1.04 bits per heavy atom. The number of Topliss-reactive ketones (excluding diaryl/α,β-unsaturated/α-hetero) is 2. The SMILES string of the molecule is CC(C)C(=O)C1C2C=CC(C2)C1C(=O)CCCN1CCCCC1. The first-order chi connectivity index (χ1) is 11.1. The first-order valence-corrected chi connectivity index (χ1v) is 9.55. The van der Waals surface area contributed by atoms with Crippen molar-refractivity contribution in [3.63, 3.8) is 0 Å². The average molecular weight is 317 g/mol. The van der Waals surface area contributed by atoms with Crippen LogP contribution in [0.5, 0.6) is 0 Å². The number of piperidine rings is 1. The molecule has 128 valence electrons. The largest absolute Gasteiger partial charge is 0.303 e. The Morgan fingerprint density at radius 3 is 2.35 bits per heavy atom. The Hall–Kier alpha value is -0.960. The average Bonchev–Trinajstić information content (AvgIpc) is 3.16. The number of carbonyl (C=O) groups is 2. The summed E-state index contributed by atoms with van der Waals surface area (Å²) in [4.78, 5) is 27.9. The zero-order valence-corrected chi connectivity index (χ0v) is 14.7. The fourth-order valence-electron chi connectivity index (χ4n) is 4.86. The third kappa shape index (κ3) is 3.60. The van der Waals surface area contributed by atoms with Gasteiger partial charge in [0.2, 0.25) is 0 Å². The number of hydrogen-bond donors (Lipinski definition) is 0. The normalized spacial score (nSPS) is 33.5. The van der Waals surface area contributed by atoms with Crippen molar-refractivity contribution in [1.29, 1.82) is 0 Å². The lowest BCUT2D eigenvalue weighted by atomic mass is 9.74. The number of hydrogen-bond acceptors (Lipinski definition) is 3. The molecule has 0 aromatic rings. The zero-order chi connectivity index (χ0) is 16.4. The zero-order valence-electron chi connectivity index (χ0n) is 14.7.